The minimum absolute atomic E-state index is 0. The fraction of sp³-hybridized carbons (Fsp3) is 0.818. The zero-order chi connectivity index (χ0) is 12.4. The molecule has 0 aromatic rings. The van der Waals surface area contributed by atoms with Gasteiger partial charge in [0.1, 0.15) is 6.54 Å². The van der Waals surface area contributed by atoms with Gasteiger partial charge in [-0.3, -0.25) is 9.59 Å². The van der Waals surface area contributed by atoms with Crippen LogP contribution in [0.25, 0.3) is 0 Å². The SMILES string of the molecule is CC1CC(CN)CN1C(=O)CN1CCSC1=O.Cl. The van der Waals surface area contributed by atoms with Gasteiger partial charge < -0.3 is 15.5 Å². The minimum atomic E-state index is 0. The second-order valence-electron chi connectivity index (χ2n) is 4.77. The molecular weight excluding hydrogens is 274 g/mol. The number of likely N-dealkylation sites (tertiary alicyclic amines) is 1. The molecule has 0 aromatic heterocycles. The number of rotatable bonds is 3. The Bertz CT molecular complexity index is 329. The van der Waals surface area contributed by atoms with Gasteiger partial charge in [-0.05, 0) is 25.8 Å². The van der Waals surface area contributed by atoms with Crippen molar-refractivity contribution in [2.75, 3.05) is 31.9 Å². The Morgan fingerprint density at radius 2 is 2.28 bits per heavy atom. The summed E-state index contributed by atoms with van der Waals surface area (Å²) in [5.41, 5.74) is 5.64. The molecule has 2 atom stereocenters. The van der Waals surface area contributed by atoms with Crippen molar-refractivity contribution in [3.05, 3.63) is 0 Å². The lowest BCUT2D eigenvalue weighted by Gasteiger charge is -2.24. The second-order valence-corrected chi connectivity index (χ2v) is 5.81. The van der Waals surface area contributed by atoms with E-state index in [2.05, 4.69) is 0 Å². The van der Waals surface area contributed by atoms with E-state index < -0.39 is 0 Å². The molecule has 2 N–H and O–H groups in total. The van der Waals surface area contributed by atoms with Crippen LogP contribution in [0.2, 0.25) is 0 Å². The van der Waals surface area contributed by atoms with E-state index in [4.69, 9.17) is 5.73 Å². The molecule has 0 saturated carbocycles. The average molecular weight is 294 g/mol. The van der Waals surface area contributed by atoms with Crippen LogP contribution in [0, 0.1) is 5.92 Å². The third-order valence-corrected chi connectivity index (χ3v) is 4.38. The van der Waals surface area contributed by atoms with Gasteiger partial charge in [-0.2, -0.15) is 0 Å². The molecule has 2 saturated heterocycles. The van der Waals surface area contributed by atoms with Gasteiger partial charge in [0.15, 0.2) is 0 Å². The highest BCUT2D eigenvalue weighted by Crippen LogP contribution is 2.23. The van der Waals surface area contributed by atoms with Gasteiger partial charge in [-0.15, -0.1) is 12.4 Å². The summed E-state index contributed by atoms with van der Waals surface area (Å²) in [6, 6.07) is 0.251. The van der Waals surface area contributed by atoms with E-state index >= 15 is 0 Å². The first-order valence-corrected chi connectivity index (χ1v) is 7.01. The predicted molar refractivity (Wildman–Crippen MR) is 75.0 cm³/mol. The van der Waals surface area contributed by atoms with Crippen molar-refractivity contribution < 1.29 is 9.59 Å². The fourth-order valence-electron chi connectivity index (χ4n) is 2.48. The largest absolute Gasteiger partial charge is 0.338 e. The highest BCUT2D eigenvalue weighted by Gasteiger charge is 2.33. The molecule has 0 aliphatic carbocycles. The smallest absolute Gasteiger partial charge is 0.282 e. The summed E-state index contributed by atoms with van der Waals surface area (Å²) in [6.45, 7) is 4.34. The van der Waals surface area contributed by atoms with Crippen molar-refractivity contribution in [2.24, 2.45) is 11.7 Å². The maximum absolute atomic E-state index is 12.1. The number of hydrogen-bond acceptors (Lipinski definition) is 4. The van der Waals surface area contributed by atoms with Crippen LogP contribution < -0.4 is 5.73 Å². The molecule has 2 rings (SSSR count). The van der Waals surface area contributed by atoms with Crippen molar-refractivity contribution >= 4 is 35.3 Å². The van der Waals surface area contributed by atoms with Crippen LogP contribution in [0.5, 0.6) is 0 Å². The van der Waals surface area contributed by atoms with Gasteiger partial charge in [0.2, 0.25) is 5.91 Å². The molecule has 0 aromatic carbocycles. The summed E-state index contributed by atoms with van der Waals surface area (Å²) in [6.07, 6.45) is 0.977. The van der Waals surface area contributed by atoms with Crippen molar-refractivity contribution in [1.29, 1.82) is 0 Å². The highest BCUT2D eigenvalue weighted by atomic mass is 35.5. The van der Waals surface area contributed by atoms with E-state index in [0.717, 1.165) is 18.7 Å². The van der Waals surface area contributed by atoms with Crippen LogP contribution in [0.1, 0.15) is 13.3 Å². The minimum Gasteiger partial charge on any atom is -0.338 e. The van der Waals surface area contributed by atoms with E-state index in [1.54, 1.807) is 4.90 Å². The van der Waals surface area contributed by atoms with Crippen LogP contribution >= 0.6 is 24.2 Å². The molecule has 2 aliphatic rings. The van der Waals surface area contributed by atoms with E-state index in [-0.39, 0.29) is 36.1 Å². The van der Waals surface area contributed by atoms with Gasteiger partial charge in [-0.1, -0.05) is 11.8 Å². The van der Waals surface area contributed by atoms with Crippen molar-refractivity contribution in [2.45, 2.75) is 19.4 Å². The zero-order valence-electron chi connectivity index (χ0n) is 10.5. The lowest BCUT2D eigenvalue weighted by atomic mass is 10.1. The summed E-state index contributed by atoms with van der Waals surface area (Å²) in [5, 5.41) is 0.0283. The summed E-state index contributed by atoms with van der Waals surface area (Å²) in [5.74, 6) is 1.27. The summed E-state index contributed by atoms with van der Waals surface area (Å²) in [7, 11) is 0. The third-order valence-electron chi connectivity index (χ3n) is 3.49. The Kier molecular flexibility index (Phi) is 5.75. The molecule has 2 fully saturated rings. The number of carbonyl (C=O) groups is 2. The number of nitrogens with two attached hydrogens (primary N) is 1. The summed E-state index contributed by atoms with van der Waals surface area (Å²) in [4.78, 5) is 27.0. The van der Waals surface area contributed by atoms with Crippen molar-refractivity contribution in [1.82, 2.24) is 9.80 Å². The van der Waals surface area contributed by atoms with Gasteiger partial charge in [0.05, 0.1) is 0 Å². The number of thioether (sulfide) groups is 1. The molecule has 18 heavy (non-hydrogen) atoms. The molecule has 5 nitrogen and oxygen atoms in total. The van der Waals surface area contributed by atoms with Crippen molar-refractivity contribution in [3.8, 4) is 0 Å². The first-order chi connectivity index (χ1) is 8.11. The van der Waals surface area contributed by atoms with Crippen LogP contribution in [0.15, 0.2) is 0 Å². The Labute approximate surface area is 118 Å². The van der Waals surface area contributed by atoms with Gasteiger partial charge in [0, 0.05) is 24.9 Å². The first-order valence-electron chi connectivity index (χ1n) is 6.03. The third kappa shape index (κ3) is 3.30. The molecule has 0 spiro atoms. The summed E-state index contributed by atoms with van der Waals surface area (Å²) < 4.78 is 0. The fourth-order valence-corrected chi connectivity index (χ4v) is 3.31. The van der Waals surface area contributed by atoms with E-state index in [0.29, 0.717) is 19.0 Å². The van der Waals surface area contributed by atoms with E-state index in [1.165, 1.54) is 11.8 Å². The van der Waals surface area contributed by atoms with Crippen LogP contribution in [0.3, 0.4) is 0 Å². The molecule has 2 aliphatic heterocycles. The lowest BCUT2D eigenvalue weighted by molar-refractivity contribution is -0.132. The highest BCUT2D eigenvalue weighted by molar-refractivity contribution is 8.13. The Hall–Kier alpha value is -0.460. The molecule has 0 bridgehead atoms. The average Bonchev–Trinajstić information content (AvgIpc) is 2.86. The molecule has 0 radical (unpaired) electrons. The predicted octanol–water partition coefficient (Wildman–Crippen LogP) is 0.773. The molecule has 2 unspecified atom stereocenters. The summed E-state index contributed by atoms with van der Waals surface area (Å²) >= 11 is 1.29. The van der Waals surface area contributed by atoms with Crippen molar-refractivity contribution in [3.63, 3.8) is 0 Å². The standard InChI is InChI=1S/C11H19N3O2S.ClH/c1-8-4-9(5-12)6-14(8)10(15)7-13-2-3-17-11(13)16;/h8-9H,2-7,12H2,1H3;1H. The number of halogens is 1. The molecule has 7 heteroatoms. The Balaban J connectivity index is 0.00000162. The quantitative estimate of drug-likeness (QED) is 0.835. The van der Waals surface area contributed by atoms with Gasteiger partial charge in [-0.25, -0.2) is 0 Å². The number of nitrogens with zero attached hydrogens (tertiary/aromatic N) is 2. The van der Waals surface area contributed by atoms with E-state index in [1.807, 2.05) is 11.8 Å². The molecular formula is C11H20ClN3O2S. The maximum atomic E-state index is 12.1. The van der Waals surface area contributed by atoms with Gasteiger partial charge in [0.25, 0.3) is 5.24 Å². The Morgan fingerprint density at radius 1 is 1.56 bits per heavy atom. The number of amides is 2. The molecule has 2 heterocycles. The lowest BCUT2D eigenvalue weighted by Crippen LogP contribution is -2.42. The normalized spacial score (nSPS) is 27.6. The van der Waals surface area contributed by atoms with Crippen LogP contribution in [-0.2, 0) is 4.79 Å². The Morgan fingerprint density at radius 3 is 2.78 bits per heavy atom. The van der Waals surface area contributed by atoms with Gasteiger partial charge >= 0.3 is 0 Å². The van der Waals surface area contributed by atoms with Crippen LogP contribution in [-0.4, -0.2) is 58.9 Å². The maximum Gasteiger partial charge on any atom is 0.282 e. The topological polar surface area (TPSA) is 66.6 Å². The zero-order valence-corrected chi connectivity index (χ0v) is 12.1. The second kappa shape index (κ2) is 6.63. The molecule has 104 valence electrons. The number of hydrogen-bond donors (Lipinski definition) is 1. The van der Waals surface area contributed by atoms with Crippen LogP contribution in [0.4, 0.5) is 4.79 Å². The first kappa shape index (κ1) is 15.6. The monoisotopic (exact) mass is 293 g/mol. The number of carbonyl (C=O) groups excluding carboxylic acids is 2. The molecule has 2 amide bonds. The van der Waals surface area contributed by atoms with E-state index in [9.17, 15) is 9.59 Å².